The molecule has 0 aliphatic carbocycles. The fraction of sp³-hybridized carbons (Fsp3) is 0.231. The summed E-state index contributed by atoms with van der Waals surface area (Å²) in [4.78, 5) is 24.4. The third-order valence-electron chi connectivity index (χ3n) is 4.53. The molecule has 7 nitrogen and oxygen atoms in total. The Labute approximate surface area is 194 Å². The van der Waals surface area contributed by atoms with E-state index in [1.807, 2.05) is 68.4 Å². The molecule has 33 heavy (non-hydrogen) atoms. The molecular formula is C26H29N3O4. The summed E-state index contributed by atoms with van der Waals surface area (Å²) >= 11 is 0. The zero-order valence-corrected chi connectivity index (χ0v) is 18.8. The van der Waals surface area contributed by atoms with Crippen LogP contribution in [0.4, 0.5) is 11.4 Å². The lowest BCUT2D eigenvalue weighted by molar-refractivity contribution is -0.114. The first-order valence-electron chi connectivity index (χ1n) is 10.9. The van der Waals surface area contributed by atoms with Crippen LogP contribution in [0.1, 0.15) is 24.2 Å². The maximum Gasteiger partial charge on any atom is 0.251 e. The monoisotopic (exact) mass is 447 g/mol. The van der Waals surface area contributed by atoms with Crippen molar-refractivity contribution in [1.82, 2.24) is 5.32 Å². The predicted octanol–water partition coefficient (Wildman–Crippen LogP) is 4.33. The van der Waals surface area contributed by atoms with Gasteiger partial charge in [-0.05, 0) is 62.4 Å². The highest BCUT2D eigenvalue weighted by Gasteiger charge is 2.09. The molecule has 0 unspecified atom stereocenters. The van der Waals surface area contributed by atoms with Gasteiger partial charge in [0.2, 0.25) is 5.91 Å². The van der Waals surface area contributed by atoms with Crippen LogP contribution in [0.25, 0.3) is 0 Å². The molecule has 0 saturated carbocycles. The van der Waals surface area contributed by atoms with Crippen molar-refractivity contribution < 1.29 is 19.1 Å². The molecule has 3 aromatic rings. The van der Waals surface area contributed by atoms with Crippen molar-refractivity contribution in [3.8, 4) is 11.5 Å². The summed E-state index contributed by atoms with van der Waals surface area (Å²) < 4.78 is 11.5. The first-order chi connectivity index (χ1) is 16.0. The largest absolute Gasteiger partial charge is 0.490 e. The second-order valence-electron chi connectivity index (χ2n) is 7.61. The van der Waals surface area contributed by atoms with Crippen molar-refractivity contribution in [3.05, 3.63) is 84.4 Å². The molecule has 0 fully saturated rings. The molecule has 0 spiro atoms. The normalized spacial score (nSPS) is 10.4. The van der Waals surface area contributed by atoms with Gasteiger partial charge in [0.25, 0.3) is 5.91 Å². The molecule has 0 saturated heterocycles. The molecule has 3 rings (SSSR count). The van der Waals surface area contributed by atoms with Crippen molar-refractivity contribution in [2.45, 2.75) is 19.9 Å². The Bertz CT molecular complexity index is 1040. The first kappa shape index (κ1) is 23.7. The van der Waals surface area contributed by atoms with E-state index in [0.29, 0.717) is 35.9 Å². The Morgan fingerprint density at radius 2 is 1.48 bits per heavy atom. The van der Waals surface area contributed by atoms with E-state index in [1.54, 1.807) is 24.3 Å². The number of para-hydroxylation sites is 3. The van der Waals surface area contributed by atoms with Gasteiger partial charge in [-0.3, -0.25) is 9.59 Å². The molecule has 0 bridgehead atoms. The Balaban J connectivity index is 1.45. The lowest BCUT2D eigenvalue weighted by Crippen LogP contribution is -2.30. The fourth-order valence-electron chi connectivity index (χ4n) is 3.00. The first-order valence-corrected chi connectivity index (χ1v) is 10.9. The number of hydrogen-bond donors (Lipinski definition) is 3. The van der Waals surface area contributed by atoms with Gasteiger partial charge in [-0.1, -0.05) is 30.3 Å². The van der Waals surface area contributed by atoms with E-state index in [4.69, 9.17) is 9.47 Å². The molecule has 0 aliphatic rings. The van der Waals surface area contributed by atoms with Crippen LogP contribution in [-0.2, 0) is 4.79 Å². The summed E-state index contributed by atoms with van der Waals surface area (Å²) in [6.45, 7) is 4.65. The lowest BCUT2D eigenvalue weighted by Gasteiger charge is -2.14. The molecule has 0 heterocycles. The molecule has 0 atom stereocenters. The van der Waals surface area contributed by atoms with E-state index in [1.165, 1.54) is 0 Å². The van der Waals surface area contributed by atoms with E-state index in [2.05, 4.69) is 16.0 Å². The Kier molecular flexibility index (Phi) is 8.71. The summed E-state index contributed by atoms with van der Waals surface area (Å²) in [6, 6.07) is 23.8. The number of hydrogen-bond acceptors (Lipinski definition) is 5. The molecule has 172 valence electrons. The Hall–Kier alpha value is -4.00. The lowest BCUT2D eigenvalue weighted by atomic mass is 10.2. The minimum absolute atomic E-state index is 0.0613. The summed E-state index contributed by atoms with van der Waals surface area (Å²) in [7, 11) is 0. The van der Waals surface area contributed by atoms with Crippen LogP contribution in [0, 0.1) is 0 Å². The van der Waals surface area contributed by atoms with Gasteiger partial charge in [0, 0.05) is 17.3 Å². The summed E-state index contributed by atoms with van der Waals surface area (Å²) in [5.74, 6) is 1.08. The summed E-state index contributed by atoms with van der Waals surface area (Å²) in [5, 5.41) is 8.75. The fourth-order valence-corrected chi connectivity index (χ4v) is 3.00. The Morgan fingerprint density at radius 3 is 2.21 bits per heavy atom. The van der Waals surface area contributed by atoms with Crippen LogP contribution in [-0.4, -0.2) is 37.6 Å². The highest BCUT2D eigenvalue weighted by atomic mass is 16.5. The number of amides is 2. The van der Waals surface area contributed by atoms with E-state index in [0.717, 1.165) is 5.75 Å². The van der Waals surface area contributed by atoms with Gasteiger partial charge in [0.15, 0.2) is 0 Å². The summed E-state index contributed by atoms with van der Waals surface area (Å²) in [6.07, 6.45) is 0. The second kappa shape index (κ2) is 12.1. The number of carbonyl (C=O) groups is 2. The maximum atomic E-state index is 12.4. The van der Waals surface area contributed by atoms with Crippen molar-refractivity contribution in [2.75, 3.05) is 30.4 Å². The average molecular weight is 448 g/mol. The molecule has 3 N–H and O–H groups in total. The number of nitrogens with one attached hydrogen (secondary N) is 3. The van der Waals surface area contributed by atoms with Gasteiger partial charge in [-0.2, -0.15) is 0 Å². The van der Waals surface area contributed by atoms with Crippen molar-refractivity contribution in [1.29, 1.82) is 0 Å². The quantitative estimate of drug-likeness (QED) is 0.381. The molecular weight excluding hydrogens is 418 g/mol. The van der Waals surface area contributed by atoms with Crippen LogP contribution in [0.2, 0.25) is 0 Å². The van der Waals surface area contributed by atoms with Crippen LogP contribution in [0.5, 0.6) is 11.5 Å². The number of carbonyl (C=O) groups excluding carboxylic acids is 2. The van der Waals surface area contributed by atoms with Gasteiger partial charge in [-0.25, -0.2) is 0 Å². The molecule has 0 aliphatic heterocycles. The molecule has 3 aromatic carbocycles. The van der Waals surface area contributed by atoms with E-state index >= 15 is 0 Å². The van der Waals surface area contributed by atoms with Crippen molar-refractivity contribution >= 4 is 23.2 Å². The SMILES string of the molecule is CC(C)NC(=O)c1ccc(NC(=O)CNc2ccccc2OCCOc2ccccc2)cc1. The number of ether oxygens (including phenoxy) is 2. The average Bonchev–Trinajstić information content (AvgIpc) is 2.82. The molecule has 2 amide bonds. The van der Waals surface area contributed by atoms with Crippen LogP contribution in [0.3, 0.4) is 0 Å². The molecule has 0 radical (unpaired) electrons. The standard InChI is InChI=1S/C26H29N3O4/c1-19(2)28-26(31)20-12-14-21(15-13-20)29-25(30)18-27-23-10-6-7-11-24(23)33-17-16-32-22-8-4-3-5-9-22/h3-15,19,27H,16-18H2,1-2H3,(H,28,31)(H,29,30). The van der Waals surface area contributed by atoms with Crippen LogP contribution < -0.4 is 25.4 Å². The highest BCUT2D eigenvalue weighted by Crippen LogP contribution is 2.23. The summed E-state index contributed by atoms with van der Waals surface area (Å²) in [5.41, 5.74) is 1.88. The van der Waals surface area contributed by atoms with Gasteiger partial charge < -0.3 is 25.4 Å². The highest BCUT2D eigenvalue weighted by molar-refractivity contribution is 5.96. The van der Waals surface area contributed by atoms with Crippen molar-refractivity contribution in [2.24, 2.45) is 0 Å². The molecule has 7 heteroatoms. The third-order valence-corrected chi connectivity index (χ3v) is 4.53. The smallest absolute Gasteiger partial charge is 0.251 e. The zero-order chi connectivity index (χ0) is 23.5. The molecule has 0 aromatic heterocycles. The van der Waals surface area contributed by atoms with E-state index < -0.39 is 0 Å². The number of anilines is 2. The Morgan fingerprint density at radius 1 is 0.818 bits per heavy atom. The van der Waals surface area contributed by atoms with Crippen LogP contribution in [0.15, 0.2) is 78.9 Å². The predicted molar refractivity (Wildman–Crippen MR) is 130 cm³/mol. The van der Waals surface area contributed by atoms with E-state index in [-0.39, 0.29) is 24.4 Å². The van der Waals surface area contributed by atoms with Gasteiger partial charge in [-0.15, -0.1) is 0 Å². The van der Waals surface area contributed by atoms with Gasteiger partial charge in [0.1, 0.15) is 24.7 Å². The van der Waals surface area contributed by atoms with Gasteiger partial charge >= 0.3 is 0 Å². The number of rotatable bonds is 11. The van der Waals surface area contributed by atoms with Crippen molar-refractivity contribution in [3.63, 3.8) is 0 Å². The topological polar surface area (TPSA) is 88.7 Å². The van der Waals surface area contributed by atoms with E-state index in [9.17, 15) is 9.59 Å². The van der Waals surface area contributed by atoms with Gasteiger partial charge in [0.05, 0.1) is 12.2 Å². The third kappa shape index (κ3) is 7.88. The second-order valence-corrected chi connectivity index (χ2v) is 7.61. The minimum atomic E-state index is -0.211. The maximum absolute atomic E-state index is 12.4. The number of benzene rings is 3. The minimum Gasteiger partial charge on any atom is -0.490 e. The van der Waals surface area contributed by atoms with Crippen LogP contribution >= 0.6 is 0 Å². The zero-order valence-electron chi connectivity index (χ0n) is 18.8.